The van der Waals surface area contributed by atoms with Gasteiger partial charge in [0, 0.05) is 12.1 Å². The summed E-state index contributed by atoms with van der Waals surface area (Å²) in [5, 5.41) is 2.92. The van der Waals surface area contributed by atoms with Gasteiger partial charge in [-0.2, -0.15) is 0 Å². The number of nitrogens with one attached hydrogen (secondary N) is 3. The van der Waals surface area contributed by atoms with Crippen LogP contribution in [0, 0.1) is 5.92 Å². The SMILES string of the molecule is CC(C)C(C)(CN)NC(=O)c1ccc2[nH]c(=O)c(=O)[nH]c2c1.Cl. The second-order valence-electron chi connectivity index (χ2n) is 5.90. The highest BCUT2D eigenvalue weighted by Gasteiger charge is 2.28. The van der Waals surface area contributed by atoms with Crippen molar-refractivity contribution in [2.45, 2.75) is 26.3 Å². The van der Waals surface area contributed by atoms with Gasteiger partial charge in [-0.1, -0.05) is 13.8 Å². The lowest BCUT2D eigenvalue weighted by molar-refractivity contribution is 0.0883. The maximum Gasteiger partial charge on any atom is 0.314 e. The predicted octanol–water partition coefficient (Wildman–Crippen LogP) is 0.741. The molecule has 0 radical (unpaired) electrons. The number of carbonyl (C=O) groups excluding carboxylic acids is 1. The van der Waals surface area contributed by atoms with Crippen molar-refractivity contribution in [1.82, 2.24) is 15.3 Å². The minimum absolute atomic E-state index is 0. The largest absolute Gasteiger partial charge is 0.345 e. The Labute approximate surface area is 139 Å². The molecule has 0 saturated carbocycles. The van der Waals surface area contributed by atoms with E-state index < -0.39 is 16.7 Å². The van der Waals surface area contributed by atoms with Gasteiger partial charge in [0.2, 0.25) is 0 Å². The van der Waals surface area contributed by atoms with Gasteiger partial charge >= 0.3 is 11.1 Å². The fourth-order valence-corrected chi connectivity index (χ4v) is 2.02. The molecule has 8 heteroatoms. The summed E-state index contributed by atoms with van der Waals surface area (Å²) in [5.41, 5.74) is 5.01. The number of aromatic amines is 2. The molecule has 5 N–H and O–H groups in total. The molecule has 2 aromatic rings. The van der Waals surface area contributed by atoms with Crippen LogP contribution in [0.3, 0.4) is 0 Å². The Morgan fingerprint density at radius 1 is 1.22 bits per heavy atom. The molecule has 7 nitrogen and oxygen atoms in total. The number of benzene rings is 1. The van der Waals surface area contributed by atoms with Crippen LogP contribution in [0.2, 0.25) is 0 Å². The molecule has 1 heterocycles. The Morgan fingerprint density at radius 3 is 2.30 bits per heavy atom. The van der Waals surface area contributed by atoms with Crippen molar-refractivity contribution in [3.05, 3.63) is 44.5 Å². The van der Waals surface area contributed by atoms with Gasteiger partial charge in [0.05, 0.1) is 16.6 Å². The minimum Gasteiger partial charge on any atom is -0.345 e. The van der Waals surface area contributed by atoms with Gasteiger partial charge < -0.3 is 21.0 Å². The molecule has 1 unspecified atom stereocenters. The molecule has 1 amide bonds. The first-order chi connectivity index (χ1) is 10.3. The first-order valence-corrected chi connectivity index (χ1v) is 7.06. The number of fused-ring (bicyclic) bond motifs is 1. The summed E-state index contributed by atoms with van der Waals surface area (Å²) >= 11 is 0. The van der Waals surface area contributed by atoms with E-state index in [0.717, 1.165) is 0 Å². The number of nitrogens with two attached hydrogens (primary N) is 1. The molecule has 1 aromatic heterocycles. The number of H-pyrrole nitrogens is 2. The summed E-state index contributed by atoms with van der Waals surface area (Å²) in [5.74, 6) is -0.117. The maximum atomic E-state index is 12.4. The fourth-order valence-electron chi connectivity index (χ4n) is 2.02. The third-order valence-electron chi connectivity index (χ3n) is 4.08. The number of carbonyl (C=O) groups is 1. The van der Waals surface area contributed by atoms with Crippen LogP contribution in [0.1, 0.15) is 31.1 Å². The van der Waals surface area contributed by atoms with Crippen LogP contribution < -0.4 is 22.2 Å². The van der Waals surface area contributed by atoms with Crippen molar-refractivity contribution in [3.63, 3.8) is 0 Å². The van der Waals surface area contributed by atoms with E-state index in [1.54, 1.807) is 12.1 Å². The van der Waals surface area contributed by atoms with Crippen molar-refractivity contribution in [3.8, 4) is 0 Å². The van der Waals surface area contributed by atoms with Gasteiger partial charge in [-0.3, -0.25) is 14.4 Å². The number of hydrogen-bond donors (Lipinski definition) is 4. The van der Waals surface area contributed by atoms with Gasteiger partial charge in [-0.15, -0.1) is 12.4 Å². The topological polar surface area (TPSA) is 121 Å². The number of aromatic nitrogens is 2. The second kappa shape index (κ2) is 6.97. The van der Waals surface area contributed by atoms with Gasteiger partial charge in [0.25, 0.3) is 5.91 Å². The molecule has 1 aromatic carbocycles. The predicted molar refractivity (Wildman–Crippen MR) is 92.2 cm³/mol. The smallest absolute Gasteiger partial charge is 0.314 e. The lowest BCUT2D eigenvalue weighted by atomic mass is 9.88. The number of rotatable bonds is 4. The van der Waals surface area contributed by atoms with E-state index in [-0.39, 0.29) is 24.2 Å². The summed E-state index contributed by atoms with van der Waals surface area (Å²) in [7, 11) is 0. The molecule has 0 saturated heterocycles. The van der Waals surface area contributed by atoms with Crippen LogP contribution in [-0.4, -0.2) is 28.0 Å². The van der Waals surface area contributed by atoms with Crippen LogP contribution in [0.15, 0.2) is 27.8 Å². The number of hydrogen-bond acceptors (Lipinski definition) is 4. The van der Waals surface area contributed by atoms with Crippen molar-refractivity contribution in [2.24, 2.45) is 11.7 Å². The molecule has 2 rings (SSSR count). The Balaban J connectivity index is 0.00000264. The lowest BCUT2D eigenvalue weighted by Crippen LogP contribution is -2.55. The molecule has 0 aliphatic carbocycles. The van der Waals surface area contributed by atoms with E-state index in [9.17, 15) is 14.4 Å². The van der Waals surface area contributed by atoms with Gasteiger partial charge in [0.15, 0.2) is 0 Å². The summed E-state index contributed by atoms with van der Waals surface area (Å²) < 4.78 is 0. The van der Waals surface area contributed by atoms with E-state index in [1.165, 1.54) is 6.07 Å². The van der Waals surface area contributed by atoms with Crippen molar-refractivity contribution in [2.75, 3.05) is 6.54 Å². The van der Waals surface area contributed by atoms with Gasteiger partial charge in [-0.05, 0) is 31.0 Å². The van der Waals surface area contributed by atoms with E-state index in [2.05, 4.69) is 15.3 Å². The van der Waals surface area contributed by atoms with Crippen LogP contribution >= 0.6 is 12.4 Å². The van der Waals surface area contributed by atoms with Crippen molar-refractivity contribution >= 4 is 29.3 Å². The normalized spacial score (nSPS) is 13.4. The average Bonchev–Trinajstić information content (AvgIpc) is 2.47. The first kappa shape index (κ1) is 18.9. The lowest BCUT2D eigenvalue weighted by Gasteiger charge is -2.33. The molecular weight excluding hydrogens is 320 g/mol. The zero-order valence-corrected chi connectivity index (χ0v) is 14.0. The van der Waals surface area contributed by atoms with Gasteiger partial charge in [0.1, 0.15) is 0 Å². The fraction of sp³-hybridized carbons (Fsp3) is 0.400. The van der Waals surface area contributed by atoms with Crippen LogP contribution in [0.25, 0.3) is 11.0 Å². The van der Waals surface area contributed by atoms with Crippen LogP contribution in [-0.2, 0) is 0 Å². The Bertz CT molecular complexity index is 827. The summed E-state index contributed by atoms with van der Waals surface area (Å²) in [4.78, 5) is 39.9. The van der Waals surface area contributed by atoms with E-state index in [0.29, 0.717) is 23.1 Å². The standard InChI is InChI=1S/C15H20N4O3.ClH/c1-8(2)15(3,7-16)19-12(20)9-4-5-10-11(6-9)18-14(22)13(21)17-10;/h4-6,8H,7,16H2,1-3H3,(H,17,21)(H,18,22)(H,19,20);1H. The number of halogens is 1. The highest BCUT2D eigenvalue weighted by Crippen LogP contribution is 2.16. The van der Waals surface area contributed by atoms with Crippen LogP contribution in [0.5, 0.6) is 0 Å². The van der Waals surface area contributed by atoms with Gasteiger partial charge in [-0.25, -0.2) is 0 Å². The molecule has 0 aliphatic rings. The van der Waals surface area contributed by atoms with E-state index >= 15 is 0 Å². The summed E-state index contributed by atoms with van der Waals surface area (Å²) in [6.45, 7) is 6.16. The molecule has 23 heavy (non-hydrogen) atoms. The first-order valence-electron chi connectivity index (χ1n) is 7.06. The molecule has 0 spiro atoms. The van der Waals surface area contributed by atoms with E-state index in [1.807, 2.05) is 20.8 Å². The molecule has 0 bridgehead atoms. The summed E-state index contributed by atoms with van der Waals surface area (Å²) in [6.07, 6.45) is 0. The highest BCUT2D eigenvalue weighted by molar-refractivity contribution is 5.97. The molecule has 0 aliphatic heterocycles. The molecule has 126 valence electrons. The Morgan fingerprint density at radius 2 is 1.78 bits per heavy atom. The number of amides is 1. The summed E-state index contributed by atoms with van der Waals surface area (Å²) in [6, 6.07) is 4.69. The highest BCUT2D eigenvalue weighted by atomic mass is 35.5. The van der Waals surface area contributed by atoms with E-state index in [4.69, 9.17) is 5.73 Å². The zero-order chi connectivity index (χ0) is 16.5. The third-order valence-corrected chi connectivity index (χ3v) is 4.08. The quantitative estimate of drug-likeness (QED) is 0.613. The average molecular weight is 341 g/mol. The second-order valence-corrected chi connectivity index (χ2v) is 5.90. The Kier molecular flexibility index (Phi) is 5.74. The molecule has 0 fully saturated rings. The monoisotopic (exact) mass is 340 g/mol. The minimum atomic E-state index is -0.751. The Hall–Kier alpha value is -2.12. The van der Waals surface area contributed by atoms with Crippen molar-refractivity contribution < 1.29 is 4.79 Å². The molecule has 1 atom stereocenters. The van der Waals surface area contributed by atoms with Crippen LogP contribution in [0.4, 0.5) is 0 Å². The maximum absolute atomic E-state index is 12.4. The zero-order valence-electron chi connectivity index (χ0n) is 13.2. The third kappa shape index (κ3) is 3.80. The van der Waals surface area contributed by atoms with Crippen molar-refractivity contribution in [1.29, 1.82) is 0 Å². The molecular formula is C15H21ClN4O3.